The number of carbonyl (C=O) groups excluding carboxylic acids is 1. The van der Waals surface area contributed by atoms with E-state index < -0.39 is 34.3 Å². The summed E-state index contributed by atoms with van der Waals surface area (Å²) >= 11 is 0. The smallest absolute Gasteiger partial charge is 0.335 e. The number of hydrogen-bond donors (Lipinski definition) is 2. The van der Waals surface area contributed by atoms with Crippen LogP contribution < -0.4 is 5.43 Å². The highest BCUT2D eigenvalue weighted by molar-refractivity contribution is 7.89. The Labute approximate surface area is 196 Å². The van der Waals surface area contributed by atoms with Crippen LogP contribution in [0.1, 0.15) is 27.0 Å². The maximum Gasteiger partial charge on any atom is 0.335 e. The van der Waals surface area contributed by atoms with E-state index in [2.05, 4.69) is 10.5 Å². The van der Waals surface area contributed by atoms with E-state index in [9.17, 15) is 22.4 Å². The minimum absolute atomic E-state index is 0.0238. The van der Waals surface area contributed by atoms with Gasteiger partial charge in [-0.05, 0) is 42.8 Å². The van der Waals surface area contributed by atoms with E-state index >= 15 is 0 Å². The zero-order chi connectivity index (χ0) is 24.7. The fraction of sp³-hybridized carbons (Fsp3) is 0.125. The summed E-state index contributed by atoms with van der Waals surface area (Å²) < 4.78 is 41.5. The molecule has 0 heterocycles. The average Bonchev–Trinajstić information content (AvgIpc) is 2.80. The van der Waals surface area contributed by atoms with Gasteiger partial charge >= 0.3 is 5.97 Å². The first kappa shape index (κ1) is 24.7. The van der Waals surface area contributed by atoms with Gasteiger partial charge in [0.15, 0.2) is 0 Å². The maximum atomic E-state index is 14.2. The number of sulfonamides is 1. The molecule has 3 rings (SSSR count). The van der Waals surface area contributed by atoms with Crippen LogP contribution in [0.2, 0.25) is 0 Å². The third kappa shape index (κ3) is 6.33. The summed E-state index contributed by atoms with van der Waals surface area (Å²) in [5.41, 5.74) is 3.86. The quantitative estimate of drug-likeness (QED) is 0.358. The first-order valence-corrected chi connectivity index (χ1v) is 11.6. The second-order valence-corrected chi connectivity index (χ2v) is 9.34. The van der Waals surface area contributed by atoms with E-state index in [0.717, 1.165) is 9.87 Å². The lowest BCUT2D eigenvalue weighted by Crippen LogP contribution is -2.39. The lowest BCUT2D eigenvalue weighted by atomic mass is 10.1. The molecule has 0 spiro atoms. The van der Waals surface area contributed by atoms with Crippen molar-refractivity contribution in [1.29, 1.82) is 0 Å². The number of carboxylic acid groups (broad SMARTS) is 1. The van der Waals surface area contributed by atoms with E-state index in [-0.39, 0.29) is 22.6 Å². The van der Waals surface area contributed by atoms with Gasteiger partial charge in [-0.25, -0.2) is 23.0 Å². The number of nitrogens with zero attached hydrogens (tertiary/aromatic N) is 2. The first-order valence-electron chi connectivity index (χ1n) is 10.1. The molecule has 10 heteroatoms. The summed E-state index contributed by atoms with van der Waals surface area (Å²) in [7, 11) is -4.12. The third-order valence-corrected chi connectivity index (χ3v) is 6.65. The minimum atomic E-state index is -4.12. The van der Waals surface area contributed by atoms with Crippen LogP contribution in [0.15, 0.2) is 82.8 Å². The van der Waals surface area contributed by atoms with Crippen LogP contribution in [0.5, 0.6) is 0 Å². The third-order valence-electron chi connectivity index (χ3n) is 4.84. The molecule has 3 aromatic carbocycles. The van der Waals surface area contributed by atoms with Crippen LogP contribution in [0.25, 0.3) is 0 Å². The number of carbonyl (C=O) groups is 2. The van der Waals surface area contributed by atoms with Crippen LogP contribution in [-0.4, -0.2) is 42.5 Å². The molecule has 0 radical (unpaired) electrons. The van der Waals surface area contributed by atoms with Crippen molar-refractivity contribution in [3.05, 3.63) is 101 Å². The Kier molecular flexibility index (Phi) is 7.87. The molecular formula is C24H22FN3O5S. The van der Waals surface area contributed by atoms with Gasteiger partial charge in [-0.2, -0.15) is 9.41 Å². The maximum absolute atomic E-state index is 14.2. The zero-order valence-electron chi connectivity index (χ0n) is 18.2. The summed E-state index contributed by atoms with van der Waals surface area (Å²) in [6, 6.07) is 17.6. The Balaban J connectivity index is 1.77. The van der Waals surface area contributed by atoms with Crippen LogP contribution >= 0.6 is 0 Å². The molecule has 0 bridgehead atoms. The summed E-state index contributed by atoms with van der Waals surface area (Å²) in [5.74, 6) is -2.39. The second kappa shape index (κ2) is 10.8. The van der Waals surface area contributed by atoms with Crippen LogP contribution in [0.3, 0.4) is 0 Å². The van der Waals surface area contributed by atoms with Crippen molar-refractivity contribution >= 4 is 28.1 Å². The fourth-order valence-corrected chi connectivity index (χ4v) is 4.36. The Morgan fingerprint density at radius 2 is 1.68 bits per heavy atom. The molecule has 1 amide bonds. The number of hydrogen-bond acceptors (Lipinski definition) is 5. The van der Waals surface area contributed by atoms with Crippen molar-refractivity contribution in [3.63, 3.8) is 0 Å². The normalized spacial score (nSPS) is 11.6. The van der Waals surface area contributed by atoms with Gasteiger partial charge in [0, 0.05) is 12.1 Å². The van der Waals surface area contributed by atoms with Gasteiger partial charge in [0.1, 0.15) is 5.82 Å². The summed E-state index contributed by atoms with van der Waals surface area (Å²) in [5, 5.41) is 12.7. The number of amides is 1. The number of rotatable bonds is 9. The molecule has 176 valence electrons. The largest absolute Gasteiger partial charge is 0.478 e. The predicted molar refractivity (Wildman–Crippen MR) is 124 cm³/mol. The number of halogens is 1. The predicted octanol–water partition coefficient (Wildman–Crippen LogP) is 3.17. The molecule has 0 unspecified atom stereocenters. The van der Waals surface area contributed by atoms with Gasteiger partial charge in [0.05, 0.1) is 23.2 Å². The van der Waals surface area contributed by atoms with E-state index in [1.165, 1.54) is 60.8 Å². The Morgan fingerprint density at radius 3 is 2.29 bits per heavy atom. The van der Waals surface area contributed by atoms with Gasteiger partial charge in [-0.1, -0.05) is 48.0 Å². The van der Waals surface area contributed by atoms with Gasteiger partial charge in [0.2, 0.25) is 10.0 Å². The molecule has 0 saturated carbocycles. The molecule has 0 atom stereocenters. The van der Waals surface area contributed by atoms with Crippen LogP contribution in [-0.2, 0) is 21.4 Å². The Bertz CT molecular complexity index is 1310. The Morgan fingerprint density at radius 1 is 1.03 bits per heavy atom. The van der Waals surface area contributed by atoms with Gasteiger partial charge in [-0.15, -0.1) is 0 Å². The topological polar surface area (TPSA) is 116 Å². The highest BCUT2D eigenvalue weighted by Crippen LogP contribution is 2.20. The molecule has 0 aromatic heterocycles. The number of benzene rings is 3. The van der Waals surface area contributed by atoms with Crippen LogP contribution in [0, 0.1) is 12.7 Å². The second-order valence-electron chi connectivity index (χ2n) is 7.40. The molecule has 3 aromatic rings. The number of aromatic carboxylic acids is 1. The zero-order valence-corrected chi connectivity index (χ0v) is 19.0. The number of aryl methyl sites for hydroxylation is 1. The van der Waals surface area contributed by atoms with Gasteiger partial charge in [0.25, 0.3) is 5.91 Å². The highest BCUT2D eigenvalue weighted by atomic mass is 32.2. The molecule has 34 heavy (non-hydrogen) atoms. The van der Waals surface area contributed by atoms with E-state index in [1.807, 2.05) is 6.92 Å². The highest BCUT2D eigenvalue weighted by Gasteiger charge is 2.27. The molecule has 8 nitrogen and oxygen atoms in total. The van der Waals surface area contributed by atoms with Crippen molar-refractivity contribution < 1.29 is 27.5 Å². The monoisotopic (exact) mass is 483 g/mol. The van der Waals surface area contributed by atoms with Gasteiger partial charge < -0.3 is 5.11 Å². The number of hydrazone groups is 1. The van der Waals surface area contributed by atoms with Crippen molar-refractivity contribution in [2.45, 2.75) is 18.4 Å². The average molecular weight is 484 g/mol. The lowest BCUT2D eigenvalue weighted by Gasteiger charge is -2.22. The fourth-order valence-electron chi connectivity index (χ4n) is 2.99. The lowest BCUT2D eigenvalue weighted by molar-refractivity contribution is -0.121. The molecule has 0 aliphatic rings. The molecular weight excluding hydrogens is 461 g/mol. The van der Waals surface area contributed by atoms with Crippen molar-refractivity contribution in [2.24, 2.45) is 5.10 Å². The summed E-state index contributed by atoms with van der Waals surface area (Å²) in [4.78, 5) is 23.4. The summed E-state index contributed by atoms with van der Waals surface area (Å²) in [6.45, 7) is 0.866. The number of nitrogens with one attached hydrogen (secondary N) is 1. The molecule has 0 saturated heterocycles. The molecule has 0 fully saturated rings. The number of carboxylic acids is 1. The van der Waals surface area contributed by atoms with E-state index in [4.69, 9.17) is 5.11 Å². The Hall–Kier alpha value is -3.89. The van der Waals surface area contributed by atoms with E-state index in [1.54, 1.807) is 18.2 Å². The molecule has 2 N–H and O–H groups in total. The van der Waals surface area contributed by atoms with Gasteiger partial charge in [-0.3, -0.25) is 4.79 Å². The SMILES string of the molecule is Cc1ccc(S(=O)(=O)N(CC(=O)N/N=C/c2ccc(C(=O)O)cc2)Cc2ccccc2F)cc1. The molecule has 0 aliphatic heterocycles. The van der Waals surface area contributed by atoms with Crippen molar-refractivity contribution in [1.82, 2.24) is 9.73 Å². The van der Waals surface area contributed by atoms with Crippen molar-refractivity contribution in [2.75, 3.05) is 6.54 Å². The first-order chi connectivity index (χ1) is 16.2. The van der Waals surface area contributed by atoms with Crippen molar-refractivity contribution in [3.8, 4) is 0 Å². The van der Waals surface area contributed by atoms with E-state index in [0.29, 0.717) is 5.56 Å². The summed E-state index contributed by atoms with van der Waals surface area (Å²) in [6.07, 6.45) is 1.29. The molecule has 0 aliphatic carbocycles. The minimum Gasteiger partial charge on any atom is -0.478 e. The standard InChI is InChI=1S/C24H22FN3O5S/c1-17-6-12-21(13-7-17)34(32,33)28(15-20-4-2-3-5-22(20)25)16-23(29)27-26-14-18-8-10-19(11-9-18)24(30)31/h2-14H,15-16H2,1H3,(H,27,29)(H,30,31)/b26-14+. The van der Waals surface area contributed by atoms with Crippen LogP contribution in [0.4, 0.5) is 4.39 Å².